The summed E-state index contributed by atoms with van der Waals surface area (Å²) in [5, 5.41) is 10.2. The molecule has 5 atom stereocenters. The van der Waals surface area contributed by atoms with E-state index < -0.39 is 24.4 Å². The van der Waals surface area contributed by atoms with Crippen LogP contribution >= 0.6 is 0 Å². The molecular weight excluding hydrogens is 614 g/mol. The summed E-state index contributed by atoms with van der Waals surface area (Å²) in [6.45, 7) is 11.1. The van der Waals surface area contributed by atoms with E-state index in [-0.39, 0.29) is 24.3 Å². The minimum absolute atomic E-state index is 0.0157. The zero-order valence-electron chi connectivity index (χ0n) is 29.5. The Morgan fingerprint density at radius 1 is 0.958 bits per heavy atom. The lowest BCUT2D eigenvalue weighted by Gasteiger charge is -2.44. The van der Waals surface area contributed by atoms with E-state index >= 15 is 0 Å². The second kappa shape index (κ2) is 19.3. The first-order valence-electron chi connectivity index (χ1n) is 17.4. The number of likely N-dealkylation sites (tertiary alicyclic amines) is 1. The van der Waals surface area contributed by atoms with Crippen LogP contribution < -0.4 is 20.1 Å². The number of benzene rings is 2. The molecule has 1 fully saturated rings. The monoisotopic (exact) mass is 671 g/mol. The molecule has 2 unspecified atom stereocenters. The zero-order valence-corrected chi connectivity index (χ0v) is 29.5. The first-order valence-corrected chi connectivity index (χ1v) is 17.4. The predicted molar refractivity (Wildman–Crippen MR) is 186 cm³/mol. The van der Waals surface area contributed by atoms with Gasteiger partial charge in [-0.2, -0.15) is 0 Å². The van der Waals surface area contributed by atoms with Crippen LogP contribution in [0.1, 0.15) is 57.1 Å². The first-order chi connectivity index (χ1) is 23.2. The van der Waals surface area contributed by atoms with Crippen molar-refractivity contribution in [1.29, 1.82) is 0 Å². The number of aliphatic hydroxyl groups is 1. The SMILES string of the molecule is COCCCCOc1ccc([C@@H]2[C@@H](OCc3ccc4c(c3)N(CCCOC)CCO4)CN(C(=O)C(N)C(C)C)C[C@H]2OCC(C)O)cc1. The molecule has 3 N–H and O–H groups in total. The van der Waals surface area contributed by atoms with E-state index in [4.69, 9.17) is 34.2 Å². The van der Waals surface area contributed by atoms with Gasteiger partial charge in [-0.3, -0.25) is 4.79 Å². The number of hydrogen-bond acceptors (Lipinski definition) is 10. The Kier molecular flexibility index (Phi) is 15.2. The Bertz CT molecular complexity index is 1240. The molecule has 268 valence electrons. The summed E-state index contributed by atoms with van der Waals surface area (Å²) in [7, 11) is 3.43. The third-order valence-corrected chi connectivity index (χ3v) is 8.97. The van der Waals surface area contributed by atoms with E-state index in [1.54, 1.807) is 26.0 Å². The maximum absolute atomic E-state index is 13.6. The van der Waals surface area contributed by atoms with Gasteiger partial charge >= 0.3 is 0 Å². The number of unbranched alkanes of at least 4 members (excludes halogenated alkanes) is 1. The summed E-state index contributed by atoms with van der Waals surface area (Å²) in [6, 6.07) is 13.6. The molecule has 1 amide bonds. The van der Waals surface area contributed by atoms with Gasteiger partial charge < -0.3 is 49.1 Å². The number of nitrogens with two attached hydrogens (primary N) is 1. The van der Waals surface area contributed by atoms with Crippen molar-refractivity contribution >= 4 is 11.6 Å². The summed E-state index contributed by atoms with van der Waals surface area (Å²) in [5.41, 5.74) is 9.44. The number of methoxy groups -OCH3 is 2. The number of hydrogen-bond donors (Lipinski definition) is 2. The van der Waals surface area contributed by atoms with Gasteiger partial charge in [0.15, 0.2) is 0 Å². The Balaban J connectivity index is 1.58. The minimum Gasteiger partial charge on any atom is -0.494 e. The molecule has 48 heavy (non-hydrogen) atoms. The number of carbonyl (C=O) groups is 1. The van der Waals surface area contributed by atoms with Gasteiger partial charge in [0.1, 0.15) is 18.1 Å². The van der Waals surface area contributed by atoms with Crippen LogP contribution in [-0.2, 0) is 30.3 Å². The Morgan fingerprint density at radius 3 is 2.33 bits per heavy atom. The van der Waals surface area contributed by atoms with E-state index in [9.17, 15) is 9.90 Å². The van der Waals surface area contributed by atoms with Gasteiger partial charge in [-0.25, -0.2) is 0 Å². The fourth-order valence-electron chi connectivity index (χ4n) is 6.22. The highest BCUT2D eigenvalue weighted by molar-refractivity contribution is 5.82. The number of nitrogens with zero attached hydrogens (tertiary/aromatic N) is 2. The number of fused-ring (bicyclic) bond motifs is 1. The lowest BCUT2D eigenvalue weighted by atomic mass is 9.84. The highest BCUT2D eigenvalue weighted by Gasteiger charge is 2.42. The molecule has 2 aliphatic heterocycles. The van der Waals surface area contributed by atoms with Gasteiger partial charge in [0, 0.05) is 53.0 Å². The van der Waals surface area contributed by atoms with Crippen LogP contribution in [0.4, 0.5) is 5.69 Å². The summed E-state index contributed by atoms with van der Waals surface area (Å²) in [5.74, 6) is 1.31. The average Bonchev–Trinajstić information content (AvgIpc) is 3.09. The second-order valence-corrected chi connectivity index (χ2v) is 13.2. The lowest BCUT2D eigenvalue weighted by Crippen LogP contribution is -2.58. The van der Waals surface area contributed by atoms with Gasteiger partial charge in [-0.05, 0) is 67.5 Å². The number of carbonyl (C=O) groups excluding carboxylic acids is 1. The summed E-state index contributed by atoms with van der Waals surface area (Å²) < 4.78 is 35.4. The van der Waals surface area contributed by atoms with Crippen molar-refractivity contribution in [1.82, 2.24) is 4.90 Å². The van der Waals surface area contributed by atoms with Gasteiger partial charge in [0.05, 0.1) is 56.4 Å². The highest BCUT2D eigenvalue weighted by atomic mass is 16.5. The van der Waals surface area contributed by atoms with Gasteiger partial charge in [-0.15, -0.1) is 0 Å². The smallest absolute Gasteiger partial charge is 0.239 e. The molecule has 2 heterocycles. The molecule has 0 spiro atoms. The van der Waals surface area contributed by atoms with Crippen molar-refractivity contribution in [3.63, 3.8) is 0 Å². The molecule has 0 radical (unpaired) electrons. The standard InChI is InChI=1S/C37H57N3O8/c1-26(2)36(38)37(42)40-22-33(47-24-27(3)41)35(29-10-12-30(13-11-29)45-19-7-6-17-43-4)34(23-40)48-25-28-9-14-32-31(21-28)39(16-20-46-32)15-8-18-44-5/h9-14,21,26-27,33-36,41H,6-8,15-20,22-25,38H2,1-5H3/t27?,33-,34+,35+,36?/m1/s1. The Morgan fingerprint density at radius 2 is 1.65 bits per heavy atom. The molecule has 2 aromatic carbocycles. The Hall–Kier alpha value is -2.93. The number of amides is 1. The lowest BCUT2D eigenvalue weighted by molar-refractivity contribution is -0.149. The molecule has 11 heteroatoms. The summed E-state index contributed by atoms with van der Waals surface area (Å²) in [4.78, 5) is 17.7. The third-order valence-electron chi connectivity index (χ3n) is 8.97. The fraction of sp³-hybridized carbons (Fsp3) is 0.649. The quantitative estimate of drug-likeness (QED) is 0.212. The van der Waals surface area contributed by atoms with Crippen LogP contribution in [0.3, 0.4) is 0 Å². The number of rotatable bonds is 19. The number of aliphatic hydroxyl groups excluding tert-OH is 1. The third kappa shape index (κ3) is 10.8. The van der Waals surface area contributed by atoms with Crippen LogP contribution in [0.5, 0.6) is 11.5 Å². The summed E-state index contributed by atoms with van der Waals surface area (Å²) >= 11 is 0. The average molecular weight is 672 g/mol. The fourth-order valence-corrected chi connectivity index (χ4v) is 6.22. The molecule has 2 aromatic rings. The van der Waals surface area contributed by atoms with E-state index in [2.05, 4.69) is 23.1 Å². The largest absolute Gasteiger partial charge is 0.494 e. The van der Waals surface area contributed by atoms with E-state index in [0.29, 0.717) is 46.1 Å². The van der Waals surface area contributed by atoms with Crippen molar-refractivity contribution in [3.05, 3.63) is 53.6 Å². The second-order valence-electron chi connectivity index (χ2n) is 13.2. The molecule has 0 bridgehead atoms. The van der Waals surface area contributed by atoms with E-state index in [0.717, 1.165) is 60.7 Å². The molecule has 0 aliphatic carbocycles. The van der Waals surface area contributed by atoms with Crippen molar-refractivity contribution in [3.8, 4) is 11.5 Å². The van der Waals surface area contributed by atoms with Gasteiger partial charge in [-0.1, -0.05) is 32.0 Å². The maximum Gasteiger partial charge on any atom is 0.239 e. The topological polar surface area (TPSA) is 125 Å². The molecule has 0 aromatic heterocycles. The van der Waals surface area contributed by atoms with E-state index in [1.165, 1.54) is 0 Å². The van der Waals surface area contributed by atoms with Crippen LogP contribution in [0.25, 0.3) is 0 Å². The predicted octanol–water partition coefficient (Wildman–Crippen LogP) is 3.99. The van der Waals surface area contributed by atoms with Crippen LogP contribution in [0, 0.1) is 5.92 Å². The van der Waals surface area contributed by atoms with Crippen LogP contribution in [0.2, 0.25) is 0 Å². The molecule has 4 rings (SSSR count). The number of piperidine rings is 1. The maximum atomic E-state index is 13.6. The first kappa shape index (κ1) is 37.9. The number of anilines is 1. The molecule has 2 aliphatic rings. The molecule has 11 nitrogen and oxygen atoms in total. The van der Waals surface area contributed by atoms with Gasteiger partial charge in [0.25, 0.3) is 0 Å². The van der Waals surface area contributed by atoms with E-state index in [1.807, 2.05) is 38.1 Å². The summed E-state index contributed by atoms with van der Waals surface area (Å²) in [6.07, 6.45) is 1.30. The van der Waals surface area contributed by atoms with Gasteiger partial charge in [0.2, 0.25) is 5.91 Å². The van der Waals surface area contributed by atoms with Crippen molar-refractivity contribution in [2.24, 2.45) is 11.7 Å². The molecule has 1 saturated heterocycles. The van der Waals surface area contributed by atoms with Crippen LogP contribution in [0.15, 0.2) is 42.5 Å². The Labute approximate surface area is 286 Å². The normalized spacial score (nSPS) is 20.7. The highest BCUT2D eigenvalue weighted by Crippen LogP contribution is 2.36. The van der Waals surface area contributed by atoms with Crippen molar-refractivity contribution < 1.29 is 38.3 Å². The minimum atomic E-state index is -0.660. The van der Waals surface area contributed by atoms with Crippen molar-refractivity contribution in [2.75, 3.05) is 78.3 Å². The van der Waals surface area contributed by atoms with Crippen molar-refractivity contribution in [2.45, 2.75) is 76.9 Å². The zero-order chi connectivity index (χ0) is 34.5. The molecule has 0 saturated carbocycles. The number of ether oxygens (including phenoxy) is 6. The molecular formula is C37H57N3O8. The van der Waals surface area contributed by atoms with Crippen LogP contribution in [-0.4, -0.2) is 114 Å².